The molecule has 0 spiro atoms. The number of carbonyl (C=O) groups is 1. The van der Waals surface area contributed by atoms with Crippen LogP contribution in [0.3, 0.4) is 0 Å². The van der Waals surface area contributed by atoms with E-state index in [-0.39, 0.29) is 5.56 Å². The van der Waals surface area contributed by atoms with Crippen LogP contribution in [0.1, 0.15) is 15.9 Å². The van der Waals surface area contributed by atoms with Gasteiger partial charge in [0.2, 0.25) is 0 Å². The Hall–Kier alpha value is -5.14. The molecule has 1 N–H and O–H groups in total. The fraction of sp³-hybridized carbons (Fsp3) is 0.0606. The molecule has 0 radical (unpaired) electrons. The monoisotopic (exact) mass is 561 g/mol. The summed E-state index contributed by atoms with van der Waals surface area (Å²) in [5.74, 6) is 1.03. The topological polar surface area (TPSA) is 86.5 Å². The highest BCUT2D eigenvalue weighted by Gasteiger charge is 2.17. The van der Waals surface area contributed by atoms with Gasteiger partial charge in [-0.2, -0.15) is 0 Å². The molecule has 0 amide bonds. The van der Waals surface area contributed by atoms with Crippen molar-refractivity contribution in [3.05, 3.63) is 125 Å². The van der Waals surface area contributed by atoms with Crippen LogP contribution < -0.4 is 9.47 Å². The van der Waals surface area contributed by atoms with Crippen LogP contribution in [-0.4, -0.2) is 32.7 Å². The van der Waals surface area contributed by atoms with Gasteiger partial charge in [0.05, 0.1) is 12.7 Å². The molecule has 6 aromatic rings. The number of hydrogen-bond donors (Lipinski definition) is 1. The number of pyridine rings is 1. The zero-order chi connectivity index (χ0) is 28.3. The number of aromatic carboxylic acids is 1. The molecule has 4 aromatic carbocycles. The molecule has 7 nitrogen and oxygen atoms in total. The number of carboxylic acid groups (broad SMARTS) is 1. The first-order valence-electron chi connectivity index (χ1n) is 12.8. The molecule has 202 valence electrons. The van der Waals surface area contributed by atoms with Crippen LogP contribution in [0.15, 0.2) is 109 Å². The van der Waals surface area contributed by atoms with Gasteiger partial charge in [0.15, 0.2) is 5.65 Å². The molecule has 41 heavy (non-hydrogen) atoms. The predicted octanol–water partition coefficient (Wildman–Crippen LogP) is 7.69. The SMILES string of the molecule is COc1ccc(-c2ccc(Cl)cc2)c(COc2ccc(-c3nc4cc(C(=O)O)cnc4n3-c3ccccc3)cc2)c1. The first-order valence-corrected chi connectivity index (χ1v) is 13.2. The lowest BCUT2D eigenvalue weighted by molar-refractivity contribution is 0.0696. The minimum atomic E-state index is -1.05. The van der Waals surface area contributed by atoms with E-state index in [0.717, 1.165) is 33.7 Å². The summed E-state index contributed by atoms with van der Waals surface area (Å²) in [6.07, 6.45) is 1.35. The average molecular weight is 562 g/mol. The van der Waals surface area contributed by atoms with Crippen molar-refractivity contribution in [2.75, 3.05) is 7.11 Å². The van der Waals surface area contributed by atoms with Crippen molar-refractivity contribution in [3.8, 4) is 39.7 Å². The number of hydrogen-bond acceptors (Lipinski definition) is 5. The molecule has 0 bridgehead atoms. The minimum Gasteiger partial charge on any atom is -0.497 e. The van der Waals surface area contributed by atoms with E-state index >= 15 is 0 Å². The summed E-state index contributed by atoms with van der Waals surface area (Å²) < 4.78 is 13.6. The number of para-hydroxylation sites is 1. The van der Waals surface area contributed by atoms with Crippen LogP contribution in [0.5, 0.6) is 11.5 Å². The van der Waals surface area contributed by atoms with Crippen molar-refractivity contribution < 1.29 is 19.4 Å². The highest BCUT2D eigenvalue weighted by atomic mass is 35.5. The Bertz CT molecular complexity index is 1850. The maximum Gasteiger partial charge on any atom is 0.337 e. The molecule has 8 heteroatoms. The van der Waals surface area contributed by atoms with Crippen molar-refractivity contribution >= 4 is 28.7 Å². The summed E-state index contributed by atoms with van der Waals surface area (Å²) in [6.45, 7) is 0.332. The van der Waals surface area contributed by atoms with E-state index in [9.17, 15) is 9.90 Å². The number of imidazole rings is 1. The maximum atomic E-state index is 11.5. The molecule has 0 saturated heterocycles. The Morgan fingerprint density at radius 2 is 1.59 bits per heavy atom. The molecule has 0 fully saturated rings. The summed E-state index contributed by atoms with van der Waals surface area (Å²) in [5.41, 5.74) is 5.89. The smallest absolute Gasteiger partial charge is 0.337 e. The molecule has 0 unspecified atom stereocenters. The highest BCUT2D eigenvalue weighted by molar-refractivity contribution is 6.30. The quantitative estimate of drug-likeness (QED) is 0.205. The van der Waals surface area contributed by atoms with Crippen LogP contribution in [0, 0.1) is 0 Å². The summed E-state index contributed by atoms with van der Waals surface area (Å²) in [5, 5.41) is 10.1. The Labute approximate surface area is 241 Å². The summed E-state index contributed by atoms with van der Waals surface area (Å²) in [7, 11) is 1.64. The first-order chi connectivity index (χ1) is 20.0. The fourth-order valence-electron chi connectivity index (χ4n) is 4.69. The van der Waals surface area contributed by atoms with Gasteiger partial charge in [0, 0.05) is 28.0 Å². The normalized spacial score (nSPS) is 11.0. The van der Waals surface area contributed by atoms with Gasteiger partial charge in [0.1, 0.15) is 29.4 Å². The molecule has 6 rings (SSSR count). The third-order valence-electron chi connectivity index (χ3n) is 6.73. The van der Waals surface area contributed by atoms with Crippen molar-refractivity contribution in [2.45, 2.75) is 6.61 Å². The number of ether oxygens (including phenoxy) is 2. The largest absolute Gasteiger partial charge is 0.497 e. The lowest BCUT2D eigenvalue weighted by atomic mass is 10.00. The molecule has 0 atom stereocenters. The van der Waals surface area contributed by atoms with Gasteiger partial charge >= 0.3 is 5.97 Å². The summed E-state index contributed by atoms with van der Waals surface area (Å²) in [4.78, 5) is 20.7. The second-order valence-electron chi connectivity index (χ2n) is 9.32. The second-order valence-corrected chi connectivity index (χ2v) is 9.76. The standard InChI is InChI=1S/C33H24ClN3O4/c1-40-28-15-16-29(21-7-11-25(34)12-8-21)24(17-28)20-41-27-13-9-22(10-14-27)31-36-30-18-23(33(38)39)19-35-32(30)37(31)26-5-3-2-4-6-26/h2-19H,20H2,1H3,(H,38,39). The van der Waals surface area contributed by atoms with Crippen molar-refractivity contribution in [3.63, 3.8) is 0 Å². The van der Waals surface area contributed by atoms with Crippen LogP contribution in [0.2, 0.25) is 5.02 Å². The van der Waals surface area contributed by atoms with Gasteiger partial charge in [-0.05, 0) is 77.9 Å². The van der Waals surface area contributed by atoms with Gasteiger partial charge in [-0.25, -0.2) is 14.8 Å². The molecular weight excluding hydrogens is 538 g/mol. The highest BCUT2D eigenvalue weighted by Crippen LogP contribution is 2.32. The third-order valence-corrected chi connectivity index (χ3v) is 6.99. The zero-order valence-electron chi connectivity index (χ0n) is 22.0. The van der Waals surface area contributed by atoms with Gasteiger partial charge < -0.3 is 14.6 Å². The number of nitrogens with zero attached hydrogens (tertiary/aromatic N) is 3. The number of aromatic nitrogens is 3. The molecule has 2 aromatic heterocycles. The van der Waals surface area contributed by atoms with Gasteiger partial charge in [-0.1, -0.05) is 48.0 Å². The minimum absolute atomic E-state index is 0.0843. The van der Waals surface area contributed by atoms with Crippen LogP contribution in [-0.2, 0) is 6.61 Å². The molecule has 0 aliphatic heterocycles. The van der Waals surface area contributed by atoms with E-state index in [2.05, 4.69) is 4.98 Å². The lowest BCUT2D eigenvalue weighted by Gasteiger charge is -2.14. The Morgan fingerprint density at radius 1 is 0.878 bits per heavy atom. The summed E-state index contributed by atoms with van der Waals surface area (Å²) in [6, 6.07) is 32.5. The number of halogens is 1. The van der Waals surface area contributed by atoms with Gasteiger partial charge in [-0.15, -0.1) is 0 Å². The van der Waals surface area contributed by atoms with E-state index in [0.29, 0.717) is 34.4 Å². The van der Waals surface area contributed by atoms with E-state index < -0.39 is 5.97 Å². The Balaban J connectivity index is 1.31. The number of carboxylic acids is 1. The van der Waals surface area contributed by atoms with Gasteiger partial charge in [-0.3, -0.25) is 4.57 Å². The van der Waals surface area contributed by atoms with E-state index in [1.54, 1.807) is 7.11 Å². The number of rotatable bonds is 8. The van der Waals surface area contributed by atoms with E-state index in [4.69, 9.17) is 26.1 Å². The summed E-state index contributed by atoms with van der Waals surface area (Å²) >= 11 is 6.09. The Kier molecular flexibility index (Phi) is 7.10. The molecule has 0 saturated carbocycles. The van der Waals surface area contributed by atoms with Crippen molar-refractivity contribution in [2.24, 2.45) is 0 Å². The lowest BCUT2D eigenvalue weighted by Crippen LogP contribution is -2.01. The molecular formula is C33H24ClN3O4. The molecule has 0 aliphatic rings. The second kappa shape index (κ2) is 11.2. The maximum absolute atomic E-state index is 11.5. The van der Waals surface area contributed by atoms with Crippen molar-refractivity contribution in [1.29, 1.82) is 0 Å². The number of benzene rings is 4. The van der Waals surface area contributed by atoms with Crippen LogP contribution >= 0.6 is 11.6 Å². The van der Waals surface area contributed by atoms with Crippen LogP contribution in [0.25, 0.3) is 39.4 Å². The van der Waals surface area contributed by atoms with E-state index in [1.807, 2.05) is 102 Å². The number of methoxy groups -OCH3 is 1. The Morgan fingerprint density at radius 3 is 2.29 bits per heavy atom. The molecule has 0 aliphatic carbocycles. The molecule has 2 heterocycles. The van der Waals surface area contributed by atoms with Gasteiger partial charge in [0.25, 0.3) is 0 Å². The van der Waals surface area contributed by atoms with Crippen molar-refractivity contribution in [1.82, 2.24) is 14.5 Å². The first kappa shape index (κ1) is 26.1. The third kappa shape index (κ3) is 5.35. The van der Waals surface area contributed by atoms with E-state index in [1.165, 1.54) is 12.3 Å². The number of fused-ring (bicyclic) bond motifs is 1. The average Bonchev–Trinajstić information content (AvgIpc) is 3.40. The zero-order valence-corrected chi connectivity index (χ0v) is 22.7. The van der Waals surface area contributed by atoms with Crippen LogP contribution in [0.4, 0.5) is 0 Å². The predicted molar refractivity (Wildman–Crippen MR) is 159 cm³/mol. The fourth-order valence-corrected chi connectivity index (χ4v) is 4.81.